The minimum atomic E-state index is -0.106. The van der Waals surface area contributed by atoms with Gasteiger partial charge in [0.25, 0.3) is 5.91 Å². The minimum absolute atomic E-state index is 0.106. The second kappa shape index (κ2) is 6.89. The lowest BCUT2D eigenvalue weighted by Gasteiger charge is -2.10. The van der Waals surface area contributed by atoms with Gasteiger partial charge in [-0.05, 0) is 32.4 Å². The Morgan fingerprint density at radius 1 is 1.47 bits per heavy atom. The highest BCUT2D eigenvalue weighted by Crippen LogP contribution is 2.09. The Kier molecular flexibility index (Phi) is 5.46. The molecule has 2 N–H and O–H groups in total. The molecule has 0 radical (unpaired) electrons. The summed E-state index contributed by atoms with van der Waals surface area (Å²) in [6, 6.07) is 3.98. The highest BCUT2D eigenvalue weighted by atomic mass is 16.1. The maximum Gasteiger partial charge on any atom is 0.269 e. The van der Waals surface area contributed by atoms with Gasteiger partial charge in [0.2, 0.25) is 0 Å². The van der Waals surface area contributed by atoms with Gasteiger partial charge >= 0.3 is 0 Å². The Balaban J connectivity index is 2.60. The van der Waals surface area contributed by atoms with Gasteiger partial charge in [-0.2, -0.15) is 0 Å². The predicted octanol–water partition coefficient (Wildman–Crippen LogP) is 2.43. The number of rotatable bonds is 6. The number of pyridine rings is 1. The number of carbonyl (C=O) groups is 1. The van der Waals surface area contributed by atoms with Crippen LogP contribution < -0.4 is 10.6 Å². The van der Waals surface area contributed by atoms with Crippen LogP contribution in [0.1, 0.15) is 44.1 Å². The van der Waals surface area contributed by atoms with Gasteiger partial charge in [0.05, 0.1) is 0 Å². The number of carbonyl (C=O) groups excluding carboxylic acids is 1. The number of anilines is 1. The number of hydrogen-bond acceptors (Lipinski definition) is 3. The molecule has 1 amide bonds. The topological polar surface area (TPSA) is 54.0 Å². The fourth-order valence-electron chi connectivity index (χ4n) is 1.45. The van der Waals surface area contributed by atoms with Crippen molar-refractivity contribution in [1.82, 2.24) is 10.3 Å². The van der Waals surface area contributed by atoms with E-state index in [2.05, 4.69) is 36.4 Å². The van der Waals surface area contributed by atoms with E-state index in [0.717, 1.165) is 18.5 Å². The number of hydrogen-bond donors (Lipinski definition) is 2. The third-order valence-corrected chi connectivity index (χ3v) is 2.26. The van der Waals surface area contributed by atoms with E-state index in [0.29, 0.717) is 18.3 Å². The van der Waals surface area contributed by atoms with Crippen molar-refractivity contribution in [3.63, 3.8) is 0 Å². The van der Waals surface area contributed by atoms with Crippen LogP contribution in [-0.2, 0) is 0 Å². The van der Waals surface area contributed by atoms with Crippen molar-refractivity contribution in [2.45, 2.75) is 39.7 Å². The molecular weight excluding hydrogens is 214 g/mol. The van der Waals surface area contributed by atoms with Crippen molar-refractivity contribution in [3.8, 4) is 0 Å². The van der Waals surface area contributed by atoms with Gasteiger partial charge in [-0.15, -0.1) is 0 Å². The first kappa shape index (κ1) is 13.5. The van der Waals surface area contributed by atoms with Crippen LogP contribution in [0.3, 0.4) is 0 Å². The van der Waals surface area contributed by atoms with Gasteiger partial charge in [-0.1, -0.05) is 13.3 Å². The molecule has 94 valence electrons. The van der Waals surface area contributed by atoms with Crippen LogP contribution in [0.2, 0.25) is 0 Å². The van der Waals surface area contributed by atoms with Crippen molar-refractivity contribution in [2.75, 3.05) is 11.9 Å². The third kappa shape index (κ3) is 4.85. The average Bonchev–Trinajstić information content (AvgIpc) is 2.28. The first-order chi connectivity index (χ1) is 8.13. The van der Waals surface area contributed by atoms with Crippen molar-refractivity contribution in [1.29, 1.82) is 0 Å². The normalized spacial score (nSPS) is 10.4. The summed E-state index contributed by atoms with van der Waals surface area (Å²) >= 11 is 0. The van der Waals surface area contributed by atoms with Crippen molar-refractivity contribution in [2.24, 2.45) is 0 Å². The van der Waals surface area contributed by atoms with Crippen LogP contribution in [-0.4, -0.2) is 23.5 Å². The molecule has 0 fully saturated rings. The molecule has 0 spiro atoms. The number of amides is 1. The zero-order chi connectivity index (χ0) is 12.7. The fraction of sp³-hybridized carbons (Fsp3) is 0.538. The predicted molar refractivity (Wildman–Crippen MR) is 70.2 cm³/mol. The monoisotopic (exact) mass is 235 g/mol. The molecule has 0 aliphatic heterocycles. The molecule has 1 aromatic heterocycles. The molecule has 0 aliphatic rings. The van der Waals surface area contributed by atoms with E-state index in [1.54, 1.807) is 12.3 Å². The molecule has 1 aromatic rings. The van der Waals surface area contributed by atoms with Gasteiger partial charge in [-0.3, -0.25) is 9.78 Å². The van der Waals surface area contributed by atoms with E-state index in [9.17, 15) is 4.79 Å². The Morgan fingerprint density at radius 2 is 2.24 bits per heavy atom. The van der Waals surface area contributed by atoms with Gasteiger partial charge in [0.1, 0.15) is 5.69 Å². The molecule has 4 nitrogen and oxygen atoms in total. The summed E-state index contributed by atoms with van der Waals surface area (Å²) in [6.45, 7) is 6.92. The standard InChI is InChI=1S/C13H21N3O/c1-4-5-7-15-13(17)12-9-11(6-8-14-12)16-10(2)3/h6,8-10H,4-5,7H2,1-3H3,(H,14,16)(H,15,17). The van der Waals surface area contributed by atoms with Crippen molar-refractivity contribution >= 4 is 11.6 Å². The Bertz CT molecular complexity index is 363. The summed E-state index contributed by atoms with van der Waals surface area (Å²) in [6.07, 6.45) is 3.72. The van der Waals surface area contributed by atoms with Gasteiger partial charge < -0.3 is 10.6 Å². The maximum atomic E-state index is 11.8. The number of unbranched alkanes of at least 4 members (excludes halogenated alkanes) is 1. The molecule has 0 saturated carbocycles. The van der Waals surface area contributed by atoms with Crippen LogP contribution in [0.15, 0.2) is 18.3 Å². The smallest absolute Gasteiger partial charge is 0.269 e. The summed E-state index contributed by atoms with van der Waals surface area (Å²) in [7, 11) is 0. The summed E-state index contributed by atoms with van der Waals surface area (Å²) in [5.74, 6) is -0.106. The van der Waals surface area contributed by atoms with E-state index in [1.165, 1.54) is 0 Å². The molecule has 4 heteroatoms. The molecule has 0 saturated heterocycles. The number of nitrogens with zero attached hydrogens (tertiary/aromatic N) is 1. The molecule has 0 aromatic carbocycles. The second-order valence-corrected chi connectivity index (χ2v) is 4.34. The Hall–Kier alpha value is -1.58. The van der Waals surface area contributed by atoms with Crippen molar-refractivity contribution in [3.05, 3.63) is 24.0 Å². The summed E-state index contributed by atoms with van der Waals surface area (Å²) in [4.78, 5) is 15.8. The van der Waals surface area contributed by atoms with Crippen LogP contribution in [0.5, 0.6) is 0 Å². The lowest BCUT2D eigenvalue weighted by molar-refractivity contribution is 0.0948. The molecule has 0 unspecified atom stereocenters. The molecule has 17 heavy (non-hydrogen) atoms. The highest BCUT2D eigenvalue weighted by Gasteiger charge is 2.07. The molecule has 1 heterocycles. The highest BCUT2D eigenvalue weighted by molar-refractivity contribution is 5.93. The molecule has 1 rings (SSSR count). The van der Waals surface area contributed by atoms with Crippen LogP contribution in [0.25, 0.3) is 0 Å². The number of aromatic nitrogens is 1. The van der Waals surface area contributed by atoms with Gasteiger partial charge in [0.15, 0.2) is 0 Å². The SMILES string of the molecule is CCCCNC(=O)c1cc(NC(C)C)ccn1. The minimum Gasteiger partial charge on any atom is -0.383 e. The Labute approximate surface area is 103 Å². The van der Waals surface area contributed by atoms with E-state index in [4.69, 9.17) is 0 Å². The first-order valence-corrected chi connectivity index (χ1v) is 6.14. The molecular formula is C13H21N3O. The second-order valence-electron chi connectivity index (χ2n) is 4.34. The molecule has 0 bridgehead atoms. The maximum absolute atomic E-state index is 11.8. The summed E-state index contributed by atoms with van der Waals surface area (Å²) in [5.41, 5.74) is 1.39. The summed E-state index contributed by atoms with van der Waals surface area (Å²) < 4.78 is 0. The lowest BCUT2D eigenvalue weighted by atomic mass is 10.2. The molecule has 0 atom stereocenters. The van der Waals surface area contributed by atoms with Crippen LogP contribution in [0.4, 0.5) is 5.69 Å². The zero-order valence-electron chi connectivity index (χ0n) is 10.8. The first-order valence-electron chi connectivity index (χ1n) is 6.14. The van der Waals surface area contributed by atoms with E-state index >= 15 is 0 Å². The lowest BCUT2D eigenvalue weighted by Crippen LogP contribution is -2.25. The Morgan fingerprint density at radius 3 is 2.88 bits per heavy atom. The van der Waals surface area contributed by atoms with E-state index in [-0.39, 0.29) is 5.91 Å². The number of nitrogens with one attached hydrogen (secondary N) is 2. The zero-order valence-corrected chi connectivity index (χ0v) is 10.8. The van der Waals surface area contributed by atoms with Crippen molar-refractivity contribution < 1.29 is 4.79 Å². The molecule has 0 aliphatic carbocycles. The van der Waals surface area contributed by atoms with E-state index in [1.807, 2.05) is 6.07 Å². The summed E-state index contributed by atoms with van der Waals surface area (Å²) in [5, 5.41) is 6.10. The fourth-order valence-corrected chi connectivity index (χ4v) is 1.45. The quantitative estimate of drug-likeness (QED) is 0.745. The van der Waals surface area contributed by atoms with E-state index < -0.39 is 0 Å². The average molecular weight is 235 g/mol. The van der Waals surface area contributed by atoms with Gasteiger partial charge in [-0.25, -0.2) is 0 Å². The third-order valence-electron chi connectivity index (χ3n) is 2.26. The van der Waals surface area contributed by atoms with Gasteiger partial charge in [0, 0.05) is 24.5 Å². The largest absolute Gasteiger partial charge is 0.383 e. The van der Waals surface area contributed by atoms with Crippen LogP contribution in [0, 0.1) is 0 Å². The van der Waals surface area contributed by atoms with Crippen LogP contribution >= 0.6 is 0 Å².